The standard InChI is InChI=1S/C13H20FN3/c1-11(10-17-8-3-2-4-9-17)15-13-7-5-6-12(14)16-13/h5-7,11H,2-4,8-10H2,1H3,(H,15,16). The molecule has 2 rings (SSSR count). The Labute approximate surface area is 102 Å². The van der Waals surface area contributed by atoms with Crippen molar-refractivity contribution in [1.29, 1.82) is 0 Å². The van der Waals surface area contributed by atoms with Crippen LogP contribution in [0, 0.1) is 5.95 Å². The normalized spacial score (nSPS) is 18.9. The molecule has 0 radical (unpaired) electrons. The number of hydrogen-bond acceptors (Lipinski definition) is 3. The van der Waals surface area contributed by atoms with Gasteiger partial charge < -0.3 is 10.2 Å². The summed E-state index contributed by atoms with van der Waals surface area (Å²) in [7, 11) is 0. The monoisotopic (exact) mass is 237 g/mol. The average Bonchev–Trinajstić information content (AvgIpc) is 2.30. The maximum atomic E-state index is 12.9. The van der Waals surface area contributed by atoms with Gasteiger partial charge in [0.2, 0.25) is 5.95 Å². The molecular weight excluding hydrogens is 217 g/mol. The molecule has 1 N–H and O–H groups in total. The van der Waals surface area contributed by atoms with E-state index in [-0.39, 0.29) is 0 Å². The number of rotatable bonds is 4. The lowest BCUT2D eigenvalue weighted by Crippen LogP contribution is -2.38. The molecule has 0 aromatic carbocycles. The molecular formula is C13H20FN3. The highest BCUT2D eigenvalue weighted by Gasteiger charge is 2.13. The summed E-state index contributed by atoms with van der Waals surface area (Å²) >= 11 is 0. The van der Waals surface area contributed by atoms with E-state index in [0.717, 1.165) is 6.54 Å². The van der Waals surface area contributed by atoms with Crippen LogP contribution >= 0.6 is 0 Å². The smallest absolute Gasteiger partial charge is 0.214 e. The van der Waals surface area contributed by atoms with Gasteiger partial charge in [-0.15, -0.1) is 0 Å². The van der Waals surface area contributed by atoms with Gasteiger partial charge in [-0.05, 0) is 45.0 Å². The van der Waals surface area contributed by atoms with Crippen molar-refractivity contribution in [3.05, 3.63) is 24.1 Å². The number of likely N-dealkylation sites (tertiary alicyclic amines) is 1. The van der Waals surface area contributed by atoms with Crippen molar-refractivity contribution in [2.45, 2.75) is 32.2 Å². The van der Waals surface area contributed by atoms with Crippen molar-refractivity contribution in [3.8, 4) is 0 Å². The van der Waals surface area contributed by atoms with Crippen molar-refractivity contribution in [2.75, 3.05) is 25.0 Å². The molecule has 1 unspecified atom stereocenters. The van der Waals surface area contributed by atoms with E-state index in [1.165, 1.54) is 38.4 Å². The second-order valence-corrected chi connectivity index (χ2v) is 4.75. The van der Waals surface area contributed by atoms with Gasteiger partial charge in [0.05, 0.1) is 0 Å². The molecule has 1 fully saturated rings. The lowest BCUT2D eigenvalue weighted by molar-refractivity contribution is 0.223. The molecule has 94 valence electrons. The molecule has 1 atom stereocenters. The first-order chi connectivity index (χ1) is 8.24. The third kappa shape index (κ3) is 3.97. The van der Waals surface area contributed by atoms with Crippen molar-refractivity contribution < 1.29 is 4.39 Å². The van der Waals surface area contributed by atoms with Crippen molar-refractivity contribution >= 4 is 5.82 Å². The Morgan fingerprint density at radius 1 is 1.35 bits per heavy atom. The van der Waals surface area contributed by atoms with Gasteiger partial charge in [-0.1, -0.05) is 12.5 Å². The predicted molar refractivity (Wildman–Crippen MR) is 67.6 cm³/mol. The van der Waals surface area contributed by atoms with E-state index in [1.807, 2.05) is 0 Å². The molecule has 1 aliphatic heterocycles. The fourth-order valence-electron chi connectivity index (χ4n) is 2.32. The first kappa shape index (κ1) is 12.3. The molecule has 3 nitrogen and oxygen atoms in total. The number of anilines is 1. The van der Waals surface area contributed by atoms with Gasteiger partial charge in [0.1, 0.15) is 5.82 Å². The van der Waals surface area contributed by atoms with Crippen LogP contribution in [0.5, 0.6) is 0 Å². The molecule has 1 aromatic heterocycles. The highest BCUT2D eigenvalue weighted by molar-refractivity contribution is 5.34. The summed E-state index contributed by atoms with van der Waals surface area (Å²) in [6.07, 6.45) is 3.94. The maximum absolute atomic E-state index is 12.9. The third-order valence-electron chi connectivity index (χ3n) is 3.09. The zero-order valence-electron chi connectivity index (χ0n) is 10.3. The number of pyridine rings is 1. The zero-order valence-corrected chi connectivity index (χ0v) is 10.3. The third-order valence-corrected chi connectivity index (χ3v) is 3.09. The first-order valence-electron chi connectivity index (χ1n) is 6.35. The molecule has 0 aliphatic carbocycles. The summed E-state index contributed by atoms with van der Waals surface area (Å²) in [6.45, 7) is 5.48. The Morgan fingerprint density at radius 3 is 2.82 bits per heavy atom. The molecule has 0 bridgehead atoms. The molecule has 4 heteroatoms. The van der Waals surface area contributed by atoms with Gasteiger partial charge in [-0.25, -0.2) is 4.98 Å². The minimum atomic E-state index is -0.430. The molecule has 1 aromatic rings. The number of hydrogen-bond donors (Lipinski definition) is 1. The predicted octanol–water partition coefficient (Wildman–Crippen LogP) is 2.51. The molecule has 1 saturated heterocycles. The highest BCUT2D eigenvalue weighted by Crippen LogP contribution is 2.11. The van der Waals surface area contributed by atoms with Gasteiger partial charge in [0.15, 0.2) is 0 Å². The number of nitrogens with zero attached hydrogens (tertiary/aromatic N) is 2. The van der Waals surface area contributed by atoms with Crippen LogP contribution in [0.25, 0.3) is 0 Å². The van der Waals surface area contributed by atoms with Gasteiger partial charge in [0.25, 0.3) is 0 Å². The van der Waals surface area contributed by atoms with Crippen LogP contribution in [0.2, 0.25) is 0 Å². The Morgan fingerprint density at radius 2 is 2.12 bits per heavy atom. The first-order valence-corrected chi connectivity index (χ1v) is 6.35. The summed E-state index contributed by atoms with van der Waals surface area (Å²) in [4.78, 5) is 6.27. The van der Waals surface area contributed by atoms with Crippen LogP contribution in [0.15, 0.2) is 18.2 Å². The number of nitrogens with one attached hydrogen (secondary N) is 1. The number of piperidine rings is 1. The Kier molecular flexibility index (Phi) is 4.31. The molecule has 17 heavy (non-hydrogen) atoms. The second kappa shape index (κ2) is 5.96. The Bertz CT molecular complexity index is 350. The van der Waals surface area contributed by atoms with E-state index < -0.39 is 5.95 Å². The average molecular weight is 237 g/mol. The van der Waals surface area contributed by atoms with Gasteiger partial charge in [-0.3, -0.25) is 0 Å². The molecule has 0 amide bonds. The maximum Gasteiger partial charge on any atom is 0.214 e. The summed E-state index contributed by atoms with van der Waals surface area (Å²) in [6, 6.07) is 5.14. The SMILES string of the molecule is CC(CN1CCCCC1)Nc1cccc(F)n1. The van der Waals surface area contributed by atoms with E-state index in [0.29, 0.717) is 11.9 Å². The number of aromatic nitrogens is 1. The minimum absolute atomic E-state index is 0.294. The molecule has 2 heterocycles. The fourth-order valence-corrected chi connectivity index (χ4v) is 2.32. The molecule has 1 aliphatic rings. The van der Waals surface area contributed by atoms with E-state index in [4.69, 9.17) is 0 Å². The van der Waals surface area contributed by atoms with Crippen LogP contribution in [-0.2, 0) is 0 Å². The van der Waals surface area contributed by atoms with E-state index in [9.17, 15) is 4.39 Å². The largest absolute Gasteiger partial charge is 0.366 e. The number of halogens is 1. The van der Waals surface area contributed by atoms with E-state index in [1.54, 1.807) is 12.1 Å². The lowest BCUT2D eigenvalue weighted by atomic mass is 10.1. The van der Waals surface area contributed by atoms with Crippen LogP contribution in [-0.4, -0.2) is 35.6 Å². The zero-order chi connectivity index (χ0) is 12.1. The van der Waals surface area contributed by atoms with Crippen molar-refractivity contribution in [1.82, 2.24) is 9.88 Å². The topological polar surface area (TPSA) is 28.2 Å². The van der Waals surface area contributed by atoms with Crippen LogP contribution in [0.1, 0.15) is 26.2 Å². The quantitative estimate of drug-likeness (QED) is 0.816. The summed E-state index contributed by atoms with van der Waals surface area (Å²) in [5.74, 6) is 0.190. The van der Waals surface area contributed by atoms with Gasteiger partial charge in [0, 0.05) is 12.6 Å². The van der Waals surface area contributed by atoms with Gasteiger partial charge >= 0.3 is 0 Å². The van der Waals surface area contributed by atoms with Crippen LogP contribution < -0.4 is 5.32 Å². The van der Waals surface area contributed by atoms with E-state index >= 15 is 0 Å². The minimum Gasteiger partial charge on any atom is -0.366 e. The second-order valence-electron chi connectivity index (χ2n) is 4.75. The lowest BCUT2D eigenvalue weighted by Gasteiger charge is -2.29. The van der Waals surface area contributed by atoms with Crippen molar-refractivity contribution in [2.24, 2.45) is 0 Å². The summed E-state index contributed by atoms with van der Waals surface area (Å²) in [5.41, 5.74) is 0. The highest BCUT2D eigenvalue weighted by atomic mass is 19.1. The van der Waals surface area contributed by atoms with Gasteiger partial charge in [-0.2, -0.15) is 4.39 Å². The summed E-state index contributed by atoms with van der Waals surface area (Å²) in [5, 5.41) is 3.24. The molecule has 0 saturated carbocycles. The molecule has 0 spiro atoms. The van der Waals surface area contributed by atoms with E-state index in [2.05, 4.69) is 22.1 Å². The Balaban J connectivity index is 1.82. The van der Waals surface area contributed by atoms with Crippen LogP contribution in [0.4, 0.5) is 10.2 Å². The summed E-state index contributed by atoms with van der Waals surface area (Å²) < 4.78 is 12.9. The van der Waals surface area contributed by atoms with Crippen LogP contribution in [0.3, 0.4) is 0 Å². The Hall–Kier alpha value is -1.16. The fraction of sp³-hybridized carbons (Fsp3) is 0.615. The van der Waals surface area contributed by atoms with Crippen molar-refractivity contribution in [3.63, 3.8) is 0 Å².